The van der Waals surface area contributed by atoms with Crippen LogP contribution in [0.15, 0.2) is 46.0 Å². The van der Waals surface area contributed by atoms with Gasteiger partial charge >= 0.3 is 0 Å². The molecule has 0 aliphatic carbocycles. The minimum Gasteiger partial charge on any atom is -0.316 e. The van der Waals surface area contributed by atoms with Crippen molar-refractivity contribution in [2.75, 3.05) is 0 Å². The molecule has 29 heavy (non-hydrogen) atoms. The van der Waals surface area contributed by atoms with Gasteiger partial charge in [0.05, 0.1) is 16.3 Å². The molecule has 3 heterocycles. The number of amidine groups is 2. The van der Waals surface area contributed by atoms with Crippen LogP contribution in [0.3, 0.4) is 0 Å². The molecule has 0 fully saturated rings. The van der Waals surface area contributed by atoms with Crippen LogP contribution in [0.1, 0.15) is 30.8 Å². The third kappa shape index (κ3) is 3.34. The molecule has 8 heteroatoms. The maximum absolute atomic E-state index is 12.6. The van der Waals surface area contributed by atoms with Crippen LogP contribution in [-0.2, 0) is 4.79 Å². The van der Waals surface area contributed by atoms with Crippen molar-refractivity contribution >= 4 is 51.4 Å². The topological polar surface area (TPSA) is 73.8 Å². The standard InChI is InChI=1S/C21H20ClN5OS/c1-11(2)20-25-27-18(23)15(19(28)24-21(27)29-20)10-14-9-12(3)26(13(14)4)17-8-6-5-7-16(17)22/h5-11,23H,1-4H3. The van der Waals surface area contributed by atoms with Crippen LogP contribution in [0.25, 0.3) is 11.8 Å². The molecule has 0 atom stereocenters. The fraction of sp³-hybridized carbons (Fsp3) is 0.238. The Kier molecular flexibility index (Phi) is 4.96. The number of para-hydroxylation sites is 1. The summed E-state index contributed by atoms with van der Waals surface area (Å²) in [5.74, 6) is -0.166. The van der Waals surface area contributed by atoms with Crippen LogP contribution >= 0.6 is 23.4 Å². The number of halogens is 1. The average Bonchev–Trinajstić information content (AvgIpc) is 3.21. The van der Waals surface area contributed by atoms with Gasteiger partial charge in [-0.05, 0) is 55.4 Å². The molecule has 0 saturated heterocycles. The molecule has 1 amide bonds. The van der Waals surface area contributed by atoms with E-state index >= 15 is 0 Å². The number of amides is 1. The third-order valence-electron chi connectivity index (χ3n) is 4.83. The van der Waals surface area contributed by atoms with Crippen LogP contribution in [0.5, 0.6) is 0 Å². The fourth-order valence-electron chi connectivity index (χ4n) is 3.33. The highest BCUT2D eigenvalue weighted by Gasteiger charge is 2.36. The molecule has 2 aliphatic heterocycles. The van der Waals surface area contributed by atoms with Crippen molar-refractivity contribution in [2.24, 2.45) is 16.0 Å². The van der Waals surface area contributed by atoms with Gasteiger partial charge in [0.15, 0.2) is 5.84 Å². The number of aliphatic imine (C=N–C) groups is 1. The van der Waals surface area contributed by atoms with Crippen molar-refractivity contribution in [3.63, 3.8) is 0 Å². The molecule has 1 aromatic heterocycles. The molecular formula is C21H20ClN5OS. The van der Waals surface area contributed by atoms with E-state index in [1.54, 1.807) is 6.08 Å². The van der Waals surface area contributed by atoms with Gasteiger partial charge in [0.1, 0.15) is 5.04 Å². The summed E-state index contributed by atoms with van der Waals surface area (Å²) in [7, 11) is 0. The van der Waals surface area contributed by atoms with Crippen LogP contribution in [0.2, 0.25) is 5.02 Å². The second-order valence-corrected chi connectivity index (χ2v) is 8.62. The smallest absolute Gasteiger partial charge is 0.283 e. The second-order valence-electron chi connectivity index (χ2n) is 7.23. The zero-order valence-electron chi connectivity index (χ0n) is 16.5. The zero-order valence-corrected chi connectivity index (χ0v) is 18.1. The van der Waals surface area contributed by atoms with Crippen LogP contribution in [0.4, 0.5) is 0 Å². The molecule has 2 aromatic rings. The van der Waals surface area contributed by atoms with E-state index in [9.17, 15) is 4.79 Å². The summed E-state index contributed by atoms with van der Waals surface area (Å²) < 4.78 is 2.04. The lowest BCUT2D eigenvalue weighted by Gasteiger charge is -2.20. The normalized spacial score (nSPS) is 17.9. The van der Waals surface area contributed by atoms with Gasteiger partial charge in [0, 0.05) is 17.3 Å². The lowest BCUT2D eigenvalue weighted by atomic mass is 10.1. The summed E-state index contributed by atoms with van der Waals surface area (Å²) in [5.41, 5.74) is 3.86. The molecule has 6 nitrogen and oxygen atoms in total. The number of nitrogens with one attached hydrogen (secondary N) is 1. The molecule has 1 N–H and O–H groups in total. The Balaban J connectivity index is 1.76. The van der Waals surface area contributed by atoms with E-state index in [0.29, 0.717) is 10.2 Å². The van der Waals surface area contributed by atoms with Gasteiger partial charge in [-0.25, -0.2) is 0 Å². The third-order valence-corrected chi connectivity index (χ3v) is 6.36. The summed E-state index contributed by atoms with van der Waals surface area (Å²) in [6.07, 6.45) is 1.72. The number of thioether (sulfide) groups is 1. The summed E-state index contributed by atoms with van der Waals surface area (Å²) in [6.45, 7) is 8.00. The lowest BCUT2D eigenvalue weighted by molar-refractivity contribution is -0.114. The molecule has 0 radical (unpaired) electrons. The van der Waals surface area contributed by atoms with Gasteiger partial charge in [-0.1, -0.05) is 37.6 Å². The summed E-state index contributed by atoms with van der Waals surface area (Å²) >= 11 is 7.73. The summed E-state index contributed by atoms with van der Waals surface area (Å²) in [4.78, 5) is 16.8. The predicted molar refractivity (Wildman–Crippen MR) is 120 cm³/mol. The number of aryl methyl sites for hydroxylation is 1. The Morgan fingerprint density at radius 1 is 1.24 bits per heavy atom. The van der Waals surface area contributed by atoms with Gasteiger partial charge < -0.3 is 4.57 Å². The minimum absolute atomic E-state index is 0.0469. The number of hydrogen-bond donors (Lipinski definition) is 1. The Morgan fingerprint density at radius 2 is 1.97 bits per heavy atom. The number of carbonyl (C=O) groups excluding carboxylic acids is 1. The number of aromatic nitrogens is 1. The number of benzene rings is 1. The van der Waals surface area contributed by atoms with Crippen molar-refractivity contribution in [3.8, 4) is 5.69 Å². The highest BCUT2D eigenvalue weighted by atomic mass is 35.5. The van der Waals surface area contributed by atoms with Crippen LogP contribution in [-0.4, -0.2) is 31.5 Å². The minimum atomic E-state index is -0.420. The summed E-state index contributed by atoms with van der Waals surface area (Å²) in [6, 6.07) is 9.60. The van der Waals surface area contributed by atoms with Crippen molar-refractivity contribution in [3.05, 3.63) is 57.9 Å². The first kappa shape index (κ1) is 19.7. The molecule has 0 spiro atoms. The highest BCUT2D eigenvalue weighted by Crippen LogP contribution is 2.32. The van der Waals surface area contributed by atoms with Gasteiger partial charge in [0.25, 0.3) is 5.91 Å². The molecule has 2 aliphatic rings. The van der Waals surface area contributed by atoms with E-state index in [1.165, 1.54) is 16.8 Å². The zero-order chi connectivity index (χ0) is 20.9. The maximum Gasteiger partial charge on any atom is 0.283 e. The van der Waals surface area contributed by atoms with Crippen molar-refractivity contribution in [1.82, 2.24) is 9.58 Å². The number of nitrogens with zero attached hydrogens (tertiary/aromatic N) is 4. The Labute approximate surface area is 178 Å². The molecule has 0 saturated carbocycles. The van der Waals surface area contributed by atoms with E-state index in [4.69, 9.17) is 17.0 Å². The van der Waals surface area contributed by atoms with Crippen molar-refractivity contribution < 1.29 is 4.79 Å². The Bertz CT molecular complexity index is 1140. The monoisotopic (exact) mass is 425 g/mol. The first-order chi connectivity index (χ1) is 13.8. The van der Waals surface area contributed by atoms with Gasteiger partial charge in [-0.2, -0.15) is 15.1 Å². The van der Waals surface area contributed by atoms with Crippen LogP contribution < -0.4 is 0 Å². The summed E-state index contributed by atoms with van der Waals surface area (Å²) in [5, 5.41) is 16.4. The Morgan fingerprint density at radius 3 is 2.66 bits per heavy atom. The maximum atomic E-state index is 12.6. The van der Waals surface area contributed by atoms with Gasteiger partial charge in [-0.3, -0.25) is 10.2 Å². The quantitative estimate of drug-likeness (QED) is 0.701. The fourth-order valence-corrected chi connectivity index (χ4v) is 4.45. The Hall–Kier alpha value is -2.64. The SMILES string of the molecule is Cc1cc(C=C2C(=N)N3N=C(C(C)C)SC3=NC2=O)c(C)n1-c1ccccc1Cl. The largest absolute Gasteiger partial charge is 0.316 e. The average molecular weight is 426 g/mol. The number of hydrogen-bond acceptors (Lipinski definition) is 4. The van der Waals surface area contributed by atoms with Gasteiger partial charge in [-0.15, -0.1) is 0 Å². The molecular weight excluding hydrogens is 406 g/mol. The highest BCUT2D eigenvalue weighted by molar-refractivity contribution is 8.27. The van der Waals surface area contributed by atoms with E-state index in [-0.39, 0.29) is 17.3 Å². The lowest BCUT2D eigenvalue weighted by Crippen LogP contribution is -2.35. The van der Waals surface area contributed by atoms with E-state index in [0.717, 1.165) is 27.7 Å². The molecule has 0 unspecified atom stereocenters. The first-order valence-corrected chi connectivity index (χ1v) is 10.4. The van der Waals surface area contributed by atoms with E-state index in [2.05, 4.69) is 10.1 Å². The second kappa shape index (κ2) is 7.31. The van der Waals surface area contributed by atoms with E-state index < -0.39 is 5.91 Å². The predicted octanol–water partition coefficient (Wildman–Crippen LogP) is 5.02. The molecule has 4 rings (SSSR count). The van der Waals surface area contributed by atoms with Crippen molar-refractivity contribution in [1.29, 1.82) is 5.41 Å². The molecule has 0 bridgehead atoms. The molecule has 1 aromatic carbocycles. The van der Waals surface area contributed by atoms with Crippen LogP contribution in [0, 0.1) is 25.2 Å². The molecule has 148 valence electrons. The first-order valence-electron chi connectivity index (χ1n) is 9.22. The number of rotatable bonds is 3. The number of fused-ring (bicyclic) bond motifs is 1. The van der Waals surface area contributed by atoms with Gasteiger partial charge in [0.2, 0.25) is 5.17 Å². The number of carbonyl (C=O) groups is 1. The van der Waals surface area contributed by atoms with Crippen molar-refractivity contribution in [2.45, 2.75) is 27.7 Å². The van der Waals surface area contributed by atoms with E-state index in [1.807, 2.05) is 62.6 Å². The number of hydrazone groups is 1.